The maximum Gasteiger partial charge on any atom is 0.496 e. The minimum atomic E-state index is -1.31. The summed E-state index contributed by atoms with van der Waals surface area (Å²) in [6, 6.07) is 10.2. The van der Waals surface area contributed by atoms with Crippen LogP contribution in [0.1, 0.15) is 46.3 Å². The lowest BCUT2D eigenvalue weighted by Crippen LogP contribution is -2.41. The smallest absolute Gasteiger partial charge is 0.447 e. The number of amides is 1. The molecule has 0 spiro atoms. The zero-order valence-corrected chi connectivity index (χ0v) is 18.7. The summed E-state index contributed by atoms with van der Waals surface area (Å²) in [6.07, 6.45) is -1.31. The maximum absolute atomic E-state index is 13.6. The summed E-state index contributed by atoms with van der Waals surface area (Å²) >= 11 is 6.43. The van der Waals surface area contributed by atoms with Crippen LogP contribution < -0.4 is 10.8 Å². The molecule has 0 bridgehead atoms. The van der Waals surface area contributed by atoms with Crippen molar-refractivity contribution < 1.29 is 28.0 Å². The van der Waals surface area contributed by atoms with Gasteiger partial charge in [-0.25, -0.2) is 4.39 Å². The largest absolute Gasteiger partial charge is 0.496 e. The summed E-state index contributed by atoms with van der Waals surface area (Å²) < 4.78 is 30.7. The Labute approximate surface area is 186 Å². The number of halogens is 2. The Hall–Kier alpha value is -2.42. The summed E-state index contributed by atoms with van der Waals surface area (Å²) in [7, 11) is -0.650. The van der Waals surface area contributed by atoms with E-state index < -0.39 is 42.1 Å². The molecule has 1 fully saturated rings. The third-order valence-electron chi connectivity index (χ3n) is 5.45. The molecule has 2 aromatic carbocycles. The SMILES string of the molecule is CC(=O)O[C@@H](C(=O)Nc1ccc(B2OC(C)(C)C(C)(C)O2)c(Cl)c1)c1cccc(F)c1. The fourth-order valence-electron chi connectivity index (χ4n) is 3.08. The van der Waals surface area contributed by atoms with Crippen LogP contribution in [-0.4, -0.2) is 30.2 Å². The predicted molar refractivity (Wildman–Crippen MR) is 117 cm³/mol. The van der Waals surface area contributed by atoms with Gasteiger partial charge in [0.15, 0.2) is 0 Å². The second-order valence-corrected chi connectivity index (χ2v) is 8.77. The first-order valence-corrected chi connectivity index (χ1v) is 10.2. The van der Waals surface area contributed by atoms with Crippen molar-refractivity contribution in [2.45, 2.75) is 51.9 Å². The zero-order valence-electron chi connectivity index (χ0n) is 18.0. The van der Waals surface area contributed by atoms with Crippen molar-refractivity contribution >= 4 is 41.7 Å². The van der Waals surface area contributed by atoms with Gasteiger partial charge in [0.25, 0.3) is 5.91 Å². The van der Waals surface area contributed by atoms with Crippen molar-refractivity contribution in [2.75, 3.05) is 5.32 Å². The molecular formula is C22H24BClFNO5. The highest BCUT2D eigenvalue weighted by Gasteiger charge is 2.52. The van der Waals surface area contributed by atoms with E-state index in [9.17, 15) is 14.0 Å². The molecule has 9 heteroatoms. The molecule has 1 N–H and O–H groups in total. The molecule has 1 amide bonds. The standard InChI is InChI=1S/C22H24BClFNO5/c1-13(27)29-19(14-7-6-8-15(25)11-14)20(28)26-16-9-10-17(18(24)12-16)23-30-21(2,3)22(4,5)31-23/h6-12,19H,1-5H3,(H,26,28)/t19-/m1/s1. The Morgan fingerprint density at radius 2 is 1.74 bits per heavy atom. The van der Waals surface area contributed by atoms with Gasteiger partial charge in [0.1, 0.15) is 5.82 Å². The second kappa shape index (κ2) is 8.61. The summed E-state index contributed by atoms with van der Waals surface area (Å²) in [6.45, 7) is 8.94. The van der Waals surface area contributed by atoms with Gasteiger partial charge in [-0.15, -0.1) is 0 Å². The number of carbonyl (C=O) groups excluding carboxylic acids is 2. The number of esters is 1. The Morgan fingerprint density at radius 1 is 1.10 bits per heavy atom. The van der Waals surface area contributed by atoms with Crippen LogP contribution in [-0.2, 0) is 23.6 Å². The van der Waals surface area contributed by atoms with Gasteiger partial charge in [-0.3, -0.25) is 9.59 Å². The van der Waals surface area contributed by atoms with Gasteiger partial charge < -0.3 is 19.4 Å². The first-order chi connectivity index (χ1) is 14.4. The van der Waals surface area contributed by atoms with E-state index in [1.807, 2.05) is 27.7 Å². The average molecular weight is 448 g/mol. The summed E-state index contributed by atoms with van der Waals surface area (Å²) in [4.78, 5) is 24.3. The van der Waals surface area contributed by atoms with Crippen LogP contribution in [0.25, 0.3) is 0 Å². The number of ether oxygens (including phenoxy) is 1. The zero-order chi connectivity index (χ0) is 23.0. The quantitative estimate of drug-likeness (QED) is 0.553. The highest BCUT2D eigenvalue weighted by atomic mass is 35.5. The molecule has 1 aliphatic heterocycles. The van der Waals surface area contributed by atoms with Gasteiger partial charge in [-0.2, -0.15) is 0 Å². The highest BCUT2D eigenvalue weighted by Crippen LogP contribution is 2.37. The van der Waals surface area contributed by atoms with Gasteiger partial charge in [0.05, 0.1) is 11.2 Å². The van der Waals surface area contributed by atoms with Crippen molar-refractivity contribution in [3.05, 3.63) is 58.9 Å². The molecule has 0 saturated carbocycles. The molecule has 1 atom stereocenters. The predicted octanol–water partition coefficient (Wildman–Crippen LogP) is 4.02. The van der Waals surface area contributed by atoms with Crippen molar-refractivity contribution in [1.29, 1.82) is 0 Å². The van der Waals surface area contributed by atoms with Crippen molar-refractivity contribution in [3.8, 4) is 0 Å². The molecule has 0 aromatic heterocycles. The molecule has 1 saturated heterocycles. The summed E-state index contributed by atoms with van der Waals surface area (Å²) in [5.74, 6) is -1.85. The van der Waals surface area contributed by atoms with E-state index in [1.54, 1.807) is 18.2 Å². The van der Waals surface area contributed by atoms with Crippen LogP contribution in [0.15, 0.2) is 42.5 Å². The molecule has 31 heavy (non-hydrogen) atoms. The molecule has 164 valence electrons. The normalized spacial score (nSPS) is 17.8. The number of hydrogen-bond donors (Lipinski definition) is 1. The number of anilines is 1. The molecule has 1 heterocycles. The van der Waals surface area contributed by atoms with E-state index in [-0.39, 0.29) is 5.56 Å². The fourth-order valence-corrected chi connectivity index (χ4v) is 3.35. The monoisotopic (exact) mass is 447 g/mol. The second-order valence-electron chi connectivity index (χ2n) is 8.36. The maximum atomic E-state index is 13.6. The van der Waals surface area contributed by atoms with Crippen LogP contribution in [0, 0.1) is 5.82 Å². The Morgan fingerprint density at radius 3 is 2.29 bits per heavy atom. The van der Waals surface area contributed by atoms with Crippen LogP contribution in [0.2, 0.25) is 5.02 Å². The van der Waals surface area contributed by atoms with Gasteiger partial charge in [-0.05, 0) is 52.0 Å². The lowest BCUT2D eigenvalue weighted by Gasteiger charge is -2.32. The number of carbonyl (C=O) groups is 2. The van der Waals surface area contributed by atoms with Gasteiger partial charge >= 0.3 is 13.1 Å². The first kappa shape index (κ1) is 23.3. The topological polar surface area (TPSA) is 73.9 Å². The number of rotatable bonds is 5. The molecule has 0 aliphatic carbocycles. The Balaban J connectivity index is 1.80. The van der Waals surface area contributed by atoms with Crippen LogP contribution in [0.4, 0.5) is 10.1 Å². The fraction of sp³-hybridized carbons (Fsp3) is 0.364. The molecule has 1 aliphatic rings. The lowest BCUT2D eigenvalue weighted by molar-refractivity contribution is -0.152. The molecule has 6 nitrogen and oxygen atoms in total. The van der Waals surface area contributed by atoms with E-state index in [0.717, 1.165) is 6.07 Å². The van der Waals surface area contributed by atoms with E-state index in [1.165, 1.54) is 25.1 Å². The van der Waals surface area contributed by atoms with Gasteiger partial charge in [0.2, 0.25) is 6.10 Å². The number of nitrogens with one attached hydrogen (secondary N) is 1. The summed E-state index contributed by atoms with van der Waals surface area (Å²) in [5, 5.41) is 2.99. The molecule has 2 aromatic rings. The highest BCUT2D eigenvalue weighted by molar-refractivity contribution is 6.65. The number of benzene rings is 2. The third kappa shape index (κ3) is 5.09. The Kier molecular flexibility index (Phi) is 6.46. The van der Waals surface area contributed by atoms with Gasteiger partial charge in [-0.1, -0.05) is 29.8 Å². The molecule has 3 rings (SSSR count). The number of hydrogen-bond acceptors (Lipinski definition) is 5. The van der Waals surface area contributed by atoms with E-state index >= 15 is 0 Å². The van der Waals surface area contributed by atoms with Gasteiger partial charge in [0, 0.05) is 28.7 Å². The molecular weight excluding hydrogens is 424 g/mol. The van der Waals surface area contributed by atoms with E-state index in [0.29, 0.717) is 16.2 Å². The van der Waals surface area contributed by atoms with Crippen molar-refractivity contribution in [1.82, 2.24) is 0 Å². The summed E-state index contributed by atoms with van der Waals surface area (Å²) in [5.41, 5.74) is 0.183. The Bertz CT molecular complexity index is 997. The first-order valence-electron chi connectivity index (χ1n) is 9.78. The van der Waals surface area contributed by atoms with Crippen LogP contribution in [0.3, 0.4) is 0 Å². The molecule has 0 unspecified atom stereocenters. The molecule has 0 radical (unpaired) electrons. The van der Waals surface area contributed by atoms with Crippen LogP contribution >= 0.6 is 11.6 Å². The van der Waals surface area contributed by atoms with Crippen LogP contribution in [0.5, 0.6) is 0 Å². The van der Waals surface area contributed by atoms with Crippen molar-refractivity contribution in [3.63, 3.8) is 0 Å². The van der Waals surface area contributed by atoms with E-state index in [2.05, 4.69) is 5.32 Å². The average Bonchev–Trinajstić information content (AvgIpc) is 2.86. The van der Waals surface area contributed by atoms with Crippen molar-refractivity contribution in [2.24, 2.45) is 0 Å². The third-order valence-corrected chi connectivity index (χ3v) is 5.78. The minimum absolute atomic E-state index is 0.215. The van der Waals surface area contributed by atoms with E-state index in [4.69, 9.17) is 25.6 Å². The lowest BCUT2D eigenvalue weighted by atomic mass is 9.79. The minimum Gasteiger partial charge on any atom is -0.447 e.